The van der Waals surface area contributed by atoms with Crippen molar-refractivity contribution in [1.82, 2.24) is 4.90 Å². The van der Waals surface area contributed by atoms with E-state index in [0.29, 0.717) is 17.0 Å². The highest BCUT2D eigenvalue weighted by Crippen LogP contribution is 2.46. The second-order valence-corrected chi connectivity index (χ2v) is 7.36. The van der Waals surface area contributed by atoms with Gasteiger partial charge in [-0.15, -0.1) is 0 Å². The summed E-state index contributed by atoms with van der Waals surface area (Å²) in [5, 5.41) is 2.75. The Morgan fingerprint density at radius 3 is 3.04 bits per heavy atom. The summed E-state index contributed by atoms with van der Waals surface area (Å²) >= 11 is 0. The highest BCUT2D eigenvalue weighted by Gasteiger charge is 2.46. The Labute approximate surface area is 147 Å². The van der Waals surface area contributed by atoms with Gasteiger partial charge in [-0.2, -0.15) is 0 Å². The van der Waals surface area contributed by atoms with Crippen LogP contribution in [0.25, 0.3) is 0 Å². The minimum Gasteiger partial charge on any atom is -0.482 e. The zero-order chi connectivity index (χ0) is 17.4. The van der Waals surface area contributed by atoms with E-state index in [1.165, 1.54) is 6.42 Å². The van der Waals surface area contributed by atoms with Crippen molar-refractivity contribution in [1.29, 1.82) is 0 Å². The van der Waals surface area contributed by atoms with Crippen LogP contribution < -0.4 is 10.1 Å². The molecule has 2 heterocycles. The largest absolute Gasteiger partial charge is 0.482 e. The summed E-state index contributed by atoms with van der Waals surface area (Å²) in [6.45, 7) is 1.54. The van der Waals surface area contributed by atoms with Crippen LogP contribution in [0, 0.1) is 5.41 Å². The molecule has 2 atom stereocenters. The van der Waals surface area contributed by atoms with E-state index in [2.05, 4.69) is 5.32 Å². The number of rotatable bonds is 2. The molecule has 25 heavy (non-hydrogen) atoms. The van der Waals surface area contributed by atoms with Crippen LogP contribution in [0.4, 0.5) is 5.69 Å². The van der Waals surface area contributed by atoms with Crippen molar-refractivity contribution < 1.29 is 19.1 Å². The number of methoxy groups -OCH3 is 1. The maximum Gasteiger partial charge on any atom is 0.262 e. The molecule has 0 unspecified atom stereocenters. The van der Waals surface area contributed by atoms with E-state index >= 15 is 0 Å². The number of nitrogens with zero attached hydrogens (tertiary/aromatic N) is 1. The molecular formula is C19H24N2O4. The quantitative estimate of drug-likeness (QED) is 0.895. The molecule has 1 spiro atoms. The molecule has 1 aromatic rings. The number of hydrogen-bond donors (Lipinski definition) is 1. The fourth-order valence-electron chi connectivity index (χ4n) is 4.67. The maximum atomic E-state index is 13.0. The van der Waals surface area contributed by atoms with Crippen LogP contribution in [0.3, 0.4) is 0 Å². The van der Waals surface area contributed by atoms with Gasteiger partial charge in [0.1, 0.15) is 5.75 Å². The van der Waals surface area contributed by atoms with Gasteiger partial charge in [0.2, 0.25) is 0 Å². The van der Waals surface area contributed by atoms with Gasteiger partial charge in [0.05, 0.1) is 11.8 Å². The topological polar surface area (TPSA) is 67.9 Å². The first-order valence-electron chi connectivity index (χ1n) is 9.00. The van der Waals surface area contributed by atoms with E-state index < -0.39 is 0 Å². The predicted octanol–water partition coefficient (Wildman–Crippen LogP) is 2.44. The lowest BCUT2D eigenvalue weighted by Gasteiger charge is -2.43. The third-order valence-corrected chi connectivity index (χ3v) is 5.87. The van der Waals surface area contributed by atoms with Crippen LogP contribution in [0.2, 0.25) is 0 Å². The molecule has 2 aliphatic heterocycles. The molecular weight excluding hydrogens is 320 g/mol. The number of anilines is 1. The normalized spacial score (nSPS) is 28.4. The van der Waals surface area contributed by atoms with E-state index in [1.807, 2.05) is 4.90 Å². The number of carbonyl (C=O) groups is 2. The van der Waals surface area contributed by atoms with Crippen LogP contribution in [-0.2, 0) is 9.53 Å². The molecule has 1 aliphatic carbocycles. The van der Waals surface area contributed by atoms with Crippen LogP contribution in [0.1, 0.15) is 42.5 Å². The average Bonchev–Trinajstić information content (AvgIpc) is 3.02. The number of piperidine rings is 1. The van der Waals surface area contributed by atoms with Crippen molar-refractivity contribution in [2.24, 2.45) is 5.41 Å². The summed E-state index contributed by atoms with van der Waals surface area (Å²) < 4.78 is 11.2. The fourth-order valence-corrected chi connectivity index (χ4v) is 4.67. The second kappa shape index (κ2) is 6.33. The first-order chi connectivity index (χ1) is 12.1. The van der Waals surface area contributed by atoms with Gasteiger partial charge in [-0.1, -0.05) is 6.42 Å². The van der Waals surface area contributed by atoms with Gasteiger partial charge in [-0.25, -0.2) is 0 Å². The number of likely N-dealkylation sites (tertiary alicyclic amines) is 1. The van der Waals surface area contributed by atoms with Crippen molar-refractivity contribution in [3.05, 3.63) is 23.8 Å². The summed E-state index contributed by atoms with van der Waals surface area (Å²) in [5.74, 6) is 0.424. The van der Waals surface area contributed by atoms with Crippen LogP contribution in [-0.4, -0.2) is 49.6 Å². The Kier molecular flexibility index (Phi) is 4.15. The van der Waals surface area contributed by atoms with Crippen molar-refractivity contribution in [2.75, 3.05) is 32.1 Å². The highest BCUT2D eigenvalue weighted by molar-refractivity contribution is 5.99. The van der Waals surface area contributed by atoms with Gasteiger partial charge < -0.3 is 19.7 Å². The summed E-state index contributed by atoms with van der Waals surface area (Å²) in [7, 11) is 1.79. The third-order valence-electron chi connectivity index (χ3n) is 5.87. The number of hydrogen-bond acceptors (Lipinski definition) is 4. The Morgan fingerprint density at radius 2 is 2.20 bits per heavy atom. The Balaban J connectivity index is 1.54. The molecule has 0 bridgehead atoms. The SMILES string of the molecule is CO[C@@H]1CCC[C@@]12CCCN(C(=O)c1ccc3c(c1)OCC(=O)N3)C2. The van der Waals surface area contributed by atoms with Gasteiger partial charge in [-0.05, 0) is 43.9 Å². The molecule has 1 saturated carbocycles. The molecule has 1 N–H and O–H groups in total. The number of ether oxygens (including phenoxy) is 2. The van der Waals surface area contributed by atoms with Crippen molar-refractivity contribution in [3.63, 3.8) is 0 Å². The Bertz CT molecular complexity index is 705. The number of nitrogens with one attached hydrogen (secondary N) is 1. The standard InChI is InChI=1S/C19H24N2O4/c1-24-16-4-2-7-19(16)8-3-9-21(12-19)18(23)13-5-6-14-15(10-13)25-11-17(22)20-14/h5-6,10,16H,2-4,7-9,11-12H2,1H3,(H,20,22)/t16-,19+/m1/s1. The molecule has 1 saturated heterocycles. The molecule has 2 amide bonds. The van der Waals surface area contributed by atoms with Crippen molar-refractivity contribution in [3.8, 4) is 5.75 Å². The summed E-state index contributed by atoms with van der Waals surface area (Å²) in [6.07, 6.45) is 5.80. The molecule has 6 nitrogen and oxygen atoms in total. The molecule has 0 radical (unpaired) electrons. The van der Waals surface area contributed by atoms with E-state index in [9.17, 15) is 9.59 Å². The minimum absolute atomic E-state index is 0.00696. The molecule has 134 valence electrons. The first kappa shape index (κ1) is 16.4. The zero-order valence-electron chi connectivity index (χ0n) is 14.5. The lowest BCUT2D eigenvalue weighted by atomic mass is 9.76. The summed E-state index contributed by atoms with van der Waals surface area (Å²) in [5.41, 5.74) is 1.35. The minimum atomic E-state index is -0.170. The summed E-state index contributed by atoms with van der Waals surface area (Å²) in [6, 6.07) is 5.24. The van der Waals surface area contributed by atoms with Gasteiger partial charge in [0, 0.05) is 31.2 Å². The molecule has 2 fully saturated rings. The number of amides is 2. The number of benzene rings is 1. The van der Waals surface area contributed by atoms with Crippen LogP contribution >= 0.6 is 0 Å². The Morgan fingerprint density at radius 1 is 1.36 bits per heavy atom. The van der Waals surface area contributed by atoms with Crippen LogP contribution in [0.15, 0.2) is 18.2 Å². The highest BCUT2D eigenvalue weighted by atomic mass is 16.5. The molecule has 1 aromatic carbocycles. The van der Waals surface area contributed by atoms with Gasteiger partial charge in [-0.3, -0.25) is 9.59 Å². The zero-order valence-corrected chi connectivity index (χ0v) is 14.5. The molecule has 0 aromatic heterocycles. The molecule has 4 rings (SSSR count). The van der Waals surface area contributed by atoms with E-state index in [1.54, 1.807) is 25.3 Å². The number of carbonyl (C=O) groups excluding carboxylic acids is 2. The molecule has 6 heteroatoms. The van der Waals surface area contributed by atoms with Gasteiger partial charge in [0.15, 0.2) is 6.61 Å². The predicted molar refractivity (Wildman–Crippen MR) is 92.8 cm³/mol. The number of fused-ring (bicyclic) bond motifs is 1. The fraction of sp³-hybridized carbons (Fsp3) is 0.579. The van der Waals surface area contributed by atoms with E-state index in [0.717, 1.165) is 38.8 Å². The van der Waals surface area contributed by atoms with Crippen LogP contribution in [0.5, 0.6) is 5.75 Å². The second-order valence-electron chi connectivity index (χ2n) is 7.36. The lowest BCUT2D eigenvalue weighted by Crippen LogP contribution is -2.49. The average molecular weight is 344 g/mol. The van der Waals surface area contributed by atoms with Gasteiger partial charge >= 0.3 is 0 Å². The monoisotopic (exact) mass is 344 g/mol. The molecule has 3 aliphatic rings. The smallest absolute Gasteiger partial charge is 0.262 e. The van der Waals surface area contributed by atoms with E-state index in [-0.39, 0.29) is 29.9 Å². The van der Waals surface area contributed by atoms with Gasteiger partial charge in [0.25, 0.3) is 11.8 Å². The third kappa shape index (κ3) is 2.88. The summed E-state index contributed by atoms with van der Waals surface area (Å²) in [4.78, 5) is 26.4. The maximum absolute atomic E-state index is 13.0. The van der Waals surface area contributed by atoms with E-state index in [4.69, 9.17) is 9.47 Å². The van der Waals surface area contributed by atoms with Crippen molar-refractivity contribution >= 4 is 17.5 Å². The van der Waals surface area contributed by atoms with Crippen molar-refractivity contribution in [2.45, 2.75) is 38.2 Å². The first-order valence-corrected chi connectivity index (χ1v) is 9.00. The lowest BCUT2D eigenvalue weighted by molar-refractivity contribution is -0.118. The Hall–Kier alpha value is -2.08.